The molecule has 0 atom stereocenters. The Morgan fingerprint density at radius 1 is 1.17 bits per heavy atom. The maximum Gasteiger partial charge on any atom is 0.228 e. The van der Waals surface area contributed by atoms with Gasteiger partial charge in [-0.1, -0.05) is 12.1 Å². The zero-order valence-electron chi connectivity index (χ0n) is 11.6. The molecule has 0 aliphatic rings. The number of ether oxygens (including phenoxy) is 1. The molecule has 2 aromatic heterocycles. The first-order valence-electron chi connectivity index (χ1n) is 6.40. The van der Waals surface area contributed by atoms with Crippen molar-refractivity contribution in [1.82, 2.24) is 14.3 Å². The molecule has 0 N–H and O–H groups in total. The molecule has 2 heterocycles. The van der Waals surface area contributed by atoms with Crippen molar-refractivity contribution < 1.29 is 17.5 Å². The molecule has 0 spiro atoms. The maximum absolute atomic E-state index is 13.5. The first-order chi connectivity index (χ1) is 11.0. The van der Waals surface area contributed by atoms with E-state index < -0.39 is 15.7 Å². The van der Waals surface area contributed by atoms with Gasteiger partial charge in [0, 0.05) is 6.20 Å². The molecule has 0 unspecified atom stereocenters. The van der Waals surface area contributed by atoms with Gasteiger partial charge in [-0.25, -0.2) is 17.8 Å². The lowest BCUT2D eigenvalue weighted by atomic mass is 10.2. The van der Waals surface area contributed by atoms with Crippen molar-refractivity contribution in [3.05, 3.63) is 60.4 Å². The second kappa shape index (κ2) is 6.39. The van der Waals surface area contributed by atoms with Crippen molar-refractivity contribution in [2.24, 2.45) is 0 Å². The number of rotatable bonds is 5. The van der Waals surface area contributed by atoms with Crippen LogP contribution in [-0.2, 0) is 15.6 Å². The highest BCUT2D eigenvalue weighted by Crippen LogP contribution is 2.24. The molecule has 118 valence electrons. The molecular weight excluding hydrogens is 341 g/mol. The van der Waals surface area contributed by atoms with E-state index in [4.69, 9.17) is 4.74 Å². The fourth-order valence-corrected chi connectivity index (χ4v) is 3.80. The largest absolute Gasteiger partial charge is 0.453 e. The van der Waals surface area contributed by atoms with Gasteiger partial charge in [-0.2, -0.15) is 4.37 Å². The third-order valence-corrected chi connectivity index (χ3v) is 5.65. The molecule has 6 nitrogen and oxygen atoms in total. The van der Waals surface area contributed by atoms with E-state index in [9.17, 15) is 12.8 Å². The standard InChI is InChI=1S/C14H10FN3O3S2/c15-12-5-6-16-7-13(12)21-11-3-1-10(2-4-11)8-23(19,20)14-17-9-18-22-14/h1-7,9H,8H2. The first-order valence-corrected chi connectivity index (χ1v) is 8.83. The summed E-state index contributed by atoms with van der Waals surface area (Å²) in [5.41, 5.74) is 0.569. The topological polar surface area (TPSA) is 82.0 Å². The summed E-state index contributed by atoms with van der Waals surface area (Å²) in [6.07, 6.45) is 3.80. The molecule has 0 saturated carbocycles. The minimum absolute atomic E-state index is 0.00160. The van der Waals surface area contributed by atoms with Crippen molar-refractivity contribution in [1.29, 1.82) is 0 Å². The summed E-state index contributed by atoms with van der Waals surface area (Å²) in [7, 11) is -3.51. The summed E-state index contributed by atoms with van der Waals surface area (Å²) in [6, 6.07) is 7.53. The van der Waals surface area contributed by atoms with E-state index in [0.29, 0.717) is 11.3 Å². The Kier molecular flexibility index (Phi) is 4.30. The number of benzene rings is 1. The molecule has 23 heavy (non-hydrogen) atoms. The van der Waals surface area contributed by atoms with E-state index >= 15 is 0 Å². The predicted octanol–water partition coefficient (Wildman–Crippen LogP) is 2.84. The molecule has 0 aliphatic carbocycles. The number of pyridine rings is 1. The van der Waals surface area contributed by atoms with Crippen LogP contribution >= 0.6 is 11.5 Å². The number of aromatic nitrogens is 3. The van der Waals surface area contributed by atoms with Crippen molar-refractivity contribution in [3.63, 3.8) is 0 Å². The van der Waals surface area contributed by atoms with Gasteiger partial charge in [-0.05, 0) is 35.3 Å². The number of hydrogen-bond acceptors (Lipinski definition) is 7. The summed E-state index contributed by atoms with van der Waals surface area (Å²) in [5, 5.41) is 0. The molecule has 3 aromatic rings. The molecule has 0 radical (unpaired) electrons. The second-order valence-corrected chi connectivity index (χ2v) is 7.46. The Labute approximate surface area is 135 Å². The molecule has 0 amide bonds. The lowest BCUT2D eigenvalue weighted by Gasteiger charge is -2.07. The fourth-order valence-electron chi connectivity index (χ4n) is 1.80. The Balaban J connectivity index is 1.74. The van der Waals surface area contributed by atoms with Gasteiger partial charge in [0.25, 0.3) is 0 Å². The van der Waals surface area contributed by atoms with E-state index in [-0.39, 0.29) is 15.8 Å². The molecule has 3 rings (SSSR count). The maximum atomic E-state index is 13.5. The fraction of sp³-hybridized carbons (Fsp3) is 0.0714. The SMILES string of the molecule is O=S(=O)(Cc1ccc(Oc2cnccc2F)cc1)c1ncns1. The van der Waals surface area contributed by atoms with Crippen LogP contribution < -0.4 is 4.74 Å². The van der Waals surface area contributed by atoms with Crippen LogP contribution in [0.3, 0.4) is 0 Å². The molecular formula is C14H10FN3O3S2. The normalized spacial score (nSPS) is 11.3. The Hall–Kier alpha value is -2.39. The number of nitrogens with zero attached hydrogens (tertiary/aromatic N) is 3. The van der Waals surface area contributed by atoms with Crippen LogP contribution in [0.15, 0.2) is 53.4 Å². The second-order valence-electron chi connectivity index (χ2n) is 4.52. The van der Waals surface area contributed by atoms with Crippen LogP contribution in [0.4, 0.5) is 4.39 Å². The predicted molar refractivity (Wildman–Crippen MR) is 81.5 cm³/mol. The Morgan fingerprint density at radius 2 is 1.96 bits per heavy atom. The summed E-state index contributed by atoms with van der Waals surface area (Å²) in [6.45, 7) is 0. The zero-order valence-corrected chi connectivity index (χ0v) is 13.2. The number of sulfone groups is 1. The van der Waals surface area contributed by atoms with Crippen molar-refractivity contribution in [3.8, 4) is 11.5 Å². The van der Waals surface area contributed by atoms with Gasteiger partial charge in [-0.15, -0.1) is 0 Å². The third-order valence-electron chi connectivity index (χ3n) is 2.85. The van der Waals surface area contributed by atoms with E-state index in [2.05, 4.69) is 14.3 Å². The van der Waals surface area contributed by atoms with E-state index in [0.717, 1.165) is 11.5 Å². The van der Waals surface area contributed by atoms with Gasteiger partial charge in [0.1, 0.15) is 12.1 Å². The summed E-state index contributed by atoms with van der Waals surface area (Å²) in [5.74, 6) is -0.331. The van der Waals surface area contributed by atoms with Crippen molar-refractivity contribution in [2.75, 3.05) is 0 Å². The van der Waals surface area contributed by atoms with Crippen LogP contribution in [-0.4, -0.2) is 22.8 Å². The van der Waals surface area contributed by atoms with Crippen molar-refractivity contribution in [2.45, 2.75) is 10.1 Å². The Morgan fingerprint density at radius 3 is 2.61 bits per heavy atom. The van der Waals surface area contributed by atoms with Gasteiger partial charge >= 0.3 is 0 Å². The molecule has 0 saturated heterocycles. The summed E-state index contributed by atoms with van der Waals surface area (Å²) >= 11 is 0.833. The van der Waals surface area contributed by atoms with Crippen LogP contribution in [0.1, 0.15) is 5.56 Å². The van der Waals surface area contributed by atoms with Crippen LogP contribution in [0, 0.1) is 5.82 Å². The average molecular weight is 351 g/mol. The van der Waals surface area contributed by atoms with Crippen molar-refractivity contribution >= 4 is 21.4 Å². The minimum atomic E-state index is -3.51. The highest BCUT2D eigenvalue weighted by atomic mass is 32.2. The highest BCUT2D eigenvalue weighted by molar-refractivity contribution is 7.92. The van der Waals surface area contributed by atoms with Gasteiger partial charge in [-0.3, -0.25) is 4.98 Å². The summed E-state index contributed by atoms with van der Waals surface area (Å²) < 4.78 is 46.7. The number of hydrogen-bond donors (Lipinski definition) is 0. The molecule has 0 bridgehead atoms. The molecule has 0 fully saturated rings. The number of halogens is 1. The molecule has 9 heteroatoms. The van der Waals surface area contributed by atoms with Crippen LogP contribution in [0.5, 0.6) is 11.5 Å². The van der Waals surface area contributed by atoms with Crippen LogP contribution in [0.2, 0.25) is 0 Å². The molecule has 0 aliphatic heterocycles. The van der Waals surface area contributed by atoms with E-state index in [1.807, 2.05) is 0 Å². The lowest BCUT2D eigenvalue weighted by Crippen LogP contribution is -2.04. The van der Waals surface area contributed by atoms with Gasteiger partial charge in [0.05, 0.1) is 11.9 Å². The van der Waals surface area contributed by atoms with Gasteiger partial charge < -0.3 is 4.74 Å². The smallest absolute Gasteiger partial charge is 0.228 e. The quantitative estimate of drug-likeness (QED) is 0.703. The van der Waals surface area contributed by atoms with Gasteiger partial charge in [0.2, 0.25) is 14.2 Å². The monoisotopic (exact) mass is 351 g/mol. The zero-order chi connectivity index (χ0) is 16.3. The van der Waals surface area contributed by atoms with E-state index in [1.54, 1.807) is 24.3 Å². The average Bonchev–Trinajstić information content (AvgIpc) is 3.06. The lowest BCUT2D eigenvalue weighted by molar-refractivity contribution is 0.439. The van der Waals surface area contributed by atoms with Crippen LogP contribution in [0.25, 0.3) is 0 Å². The summed E-state index contributed by atoms with van der Waals surface area (Å²) in [4.78, 5) is 7.49. The third kappa shape index (κ3) is 3.69. The highest BCUT2D eigenvalue weighted by Gasteiger charge is 2.19. The van der Waals surface area contributed by atoms with Gasteiger partial charge in [0.15, 0.2) is 11.6 Å². The van der Waals surface area contributed by atoms with E-state index in [1.165, 1.54) is 24.8 Å². The Bertz CT molecular complexity index is 897. The molecule has 1 aromatic carbocycles. The minimum Gasteiger partial charge on any atom is -0.453 e. The first kappa shape index (κ1) is 15.5.